The van der Waals surface area contributed by atoms with E-state index in [9.17, 15) is 0 Å². The van der Waals surface area contributed by atoms with Crippen molar-refractivity contribution in [2.24, 2.45) is 10.8 Å². The topological polar surface area (TPSA) is 0 Å². The van der Waals surface area contributed by atoms with Gasteiger partial charge in [0.2, 0.25) is 0 Å². The number of hydrogen-bond donors (Lipinski definition) is 0. The lowest BCUT2D eigenvalue weighted by Crippen LogP contribution is -2.10. The molecule has 0 aliphatic heterocycles. The fraction of sp³-hybridized carbons (Fsp3) is 1.00. The summed E-state index contributed by atoms with van der Waals surface area (Å²) in [6.45, 7) is 6.91. The molecular formula is C10H19Cl. The average Bonchev–Trinajstić information content (AvgIpc) is 2.63. The minimum Gasteiger partial charge on any atom is -0.126 e. The number of alkyl halides is 1. The lowest BCUT2D eigenvalue weighted by Gasteiger charge is -2.21. The molecule has 0 spiro atoms. The summed E-state index contributed by atoms with van der Waals surface area (Å²) < 4.78 is 0. The van der Waals surface area contributed by atoms with Crippen LogP contribution in [0.2, 0.25) is 0 Å². The molecule has 0 amide bonds. The van der Waals surface area contributed by atoms with Crippen LogP contribution in [0, 0.1) is 10.8 Å². The molecule has 1 rings (SSSR count). The van der Waals surface area contributed by atoms with E-state index in [2.05, 4.69) is 20.8 Å². The molecule has 1 saturated carbocycles. The van der Waals surface area contributed by atoms with Crippen molar-refractivity contribution in [1.29, 1.82) is 0 Å². The van der Waals surface area contributed by atoms with Crippen molar-refractivity contribution in [2.75, 3.05) is 5.88 Å². The molecule has 0 heterocycles. The third kappa shape index (κ3) is 3.02. The third-order valence-electron chi connectivity index (χ3n) is 2.65. The highest BCUT2D eigenvalue weighted by Crippen LogP contribution is 2.51. The van der Waals surface area contributed by atoms with Crippen LogP contribution in [0.15, 0.2) is 0 Å². The van der Waals surface area contributed by atoms with E-state index in [1.165, 1.54) is 25.7 Å². The highest BCUT2D eigenvalue weighted by molar-refractivity contribution is 6.18. The second-order valence-electron chi connectivity index (χ2n) is 5.19. The van der Waals surface area contributed by atoms with Crippen LogP contribution in [0.4, 0.5) is 0 Å². The van der Waals surface area contributed by atoms with Crippen LogP contribution >= 0.6 is 11.6 Å². The summed E-state index contributed by atoms with van der Waals surface area (Å²) >= 11 is 5.88. The SMILES string of the molecule is CC(C)(C)CCC1(CCl)CC1. The predicted octanol–water partition coefficient (Wildman–Crippen LogP) is 3.83. The van der Waals surface area contributed by atoms with E-state index in [1.54, 1.807) is 0 Å². The van der Waals surface area contributed by atoms with Gasteiger partial charge in [-0.05, 0) is 36.5 Å². The van der Waals surface area contributed by atoms with Gasteiger partial charge in [-0.1, -0.05) is 20.8 Å². The van der Waals surface area contributed by atoms with E-state index in [0.717, 1.165) is 5.88 Å². The van der Waals surface area contributed by atoms with E-state index < -0.39 is 0 Å². The van der Waals surface area contributed by atoms with Gasteiger partial charge in [0.05, 0.1) is 0 Å². The Balaban J connectivity index is 2.22. The Morgan fingerprint density at radius 2 is 1.82 bits per heavy atom. The summed E-state index contributed by atoms with van der Waals surface area (Å²) in [4.78, 5) is 0. The maximum absolute atomic E-state index is 5.88. The molecule has 11 heavy (non-hydrogen) atoms. The van der Waals surface area contributed by atoms with Gasteiger partial charge in [0, 0.05) is 5.88 Å². The summed E-state index contributed by atoms with van der Waals surface area (Å²) in [6.07, 6.45) is 5.39. The molecule has 1 aliphatic carbocycles. The Hall–Kier alpha value is 0.290. The van der Waals surface area contributed by atoms with Crippen molar-refractivity contribution in [3.05, 3.63) is 0 Å². The highest BCUT2D eigenvalue weighted by Gasteiger charge is 2.41. The van der Waals surface area contributed by atoms with E-state index in [1.807, 2.05) is 0 Å². The molecule has 0 unspecified atom stereocenters. The van der Waals surface area contributed by atoms with E-state index in [-0.39, 0.29) is 0 Å². The Kier molecular flexibility index (Phi) is 2.53. The second-order valence-corrected chi connectivity index (χ2v) is 5.46. The molecule has 0 N–H and O–H groups in total. The Bertz CT molecular complexity index is 128. The molecular weight excluding hydrogens is 156 g/mol. The Labute approximate surface area is 75.3 Å². The third-order valence-corrected chi connectivity index (χ3v) is 3.21. The van der Waals surface area contributed by atoms with Gasteiger partial charge in [0.25, 0.3) is 0 Å². The van der Waals surface area contributed by atoms with E-state index >= 15 is 0 Å². The number of hydrogen-bond acceptors (Lipinski definition) is 0. The molecule has 0 nitrogen and oxygen atoms in total. The molecule has 0 atom stereocenters. The normalized spacial score (nSPS) is 21.8. The van der Waals surface area contributed by atoms with Crippen LogP contribution < -0.4 is 0 Å². The molecule has 0 aromatic rings. The summed E-state index contributed by atoms with van der Waals surface area (Å²) in [5, 5.41) is 0. The van der Waals surface area contributed by atoms with Crippen molar-refractivity contribution < 1.29 is 0 Å². The molecule has 0 radical (unpaired) electrons. The molecule has 0 saturated heterocycles. The second kappa shape index (κ2) is 2.97. The molecule has 66 valence electrons. The fourth-order valence-electron chi connectivity index (χ4n) is 1.27. The van der Waals surface area contributed by atoms with Crippen molar-refractivity contribution in [2.45, 2.75) is 46.5 Å². The Morgan fingerprint density at radius 1 is 1.27 bits per heavy atom. The Morgan fingerprint density at radius 3 is 2.09 bits per heavy atom. The minimum atomic E-state index is 0.488. The van der Waals surface area contributed by atoms with Crippen molar-refractivity contribution in [3.8, 4) is 0 Å². The quantitative estimate of drug-likeness (QED) is 0.571. The first-order chi connectivity index (χ1) is 4.97. The van der Waals surface area contributed by atoms with Crippen molar-refractivity contribution in [1.82, 2.24) is 0 Å². The van der Waals surface area contributed by atoms with Gasteiger partial charge >= 0.3 is 0 Å². The maximum Gasteiger partial charge on any atom is 0.0280 e. The smallest absolute Gasteiger partial charge is 0.0280 e. The largest absolute Gasteiger partial charge is 0.126 e. The van der Waals surface area contributed by atoms with Crippen LogP contribution in [0.3, 0.4) is 0 Å². The predicted molar refractivity (Wildman–Crippen MR) is 51.1 cm³/mol. The van der Waals surface area contributed by atoms with Gasteiger partial charge in [-0.15, -0.1) is 11.6 Å². The number of rotatable bonds is 3. The molecule has 1 heteroatoms. The van der Waals surface area contributed by atoms with Gasteiger partial charge in [-0.3, -0.25) is 0 Å². The van der Waals surface area contributed by atoms with Crippen LogP contribution in [-0.4, -0.2) is 5.88 Å². The average molecular weight is 175 g/mol. The lowest BCUT2D eigenvalue weighted by atomic mass is 9.86. The van der Waals surface area contributed by atoms with Gasteiger partial charge < -0.3 is 0 Å². The van der Waals surface area contributed by atoms with Crippen LogP contribution in [-0.2, 0) is 0 Å². The van der Waals surface area contributed by atoms with Gasteiger partial charge in [-0.25, -0.2) is 0 Å². The van der Waals surface area contributed by atoms with Crippen LogP contribution in [0.5, 0.6) is 0 Å². The monoisotopic (exact) mass is 174 g/mol. The highest BCUT2D eigenvalue weighted by atomic mass is 35.5. The van der Waals surface area contributed by atoms with Gasteiger partial charge in [-0.2, -0.15) is 0 Å². The molecule has 0 aromatic carbocycles. The first-order valence-corrected chi connectivity index (χ1v) is 5.07. The zero-order chi connectivity index (χ0) is 8.54. The minimum absolute atomic E-state index is 0.488. The zero-order valence-electron chi connectivity index (χ0n) is 7.91. The summed E-state index contributed by atoms with van der Waals surface area (Å²) in [7, 11) is 0. The van der Waals surface area contributed by atoms with Crippen molar-refractivity contribution in [3.63, 3.8) is 0 Å². The summed E-state index contributed by atoms with van der Waals surface area (Å²) in [5.74, 6) is 0.878. The summed E-state index contributed by atoms with van der Waals surface area (Å²) in [6, 6.07) is 0. The number of halogens is 1. The van der Waals surface area contributed by atoms with Crippen LogP contribution in [0.25, 0.3) is 0 Å². The first kappa shape index (κ1) is 9.38. The maximum atomic E-state index is 5.88. The zero-order valence-corrected chi connectivity index (χ0v) is 8.67. The molecule has 0 aromatic heterocycles. The lowest BCUT2D eigenvalue weighted by molar-refractivity contribution is 0.323. The fourth-order valence-corrected chi connectivity index (χ4v) is 1.67. The van der Waals surface area contributed by atoms with Crippen molar-refractivity contribution >= 4 is 11.6 Å². The van der Waals surface area contributed by atoms with Crippen LogP contribution in [0.1, 0.15) is 46.5 Å². The molecule has 1 fully saturated rings. The summed E-state index contributed by atoms with van der Waals surface area (Å²) in [5.41, 5.74) is 1.05. The molecule has 0 bridgehead atoms. The van der Waals surface area contributed by atoms with E-state index in [4.69, 9.17) is 11.6 Å². The van der Waals surface area contributed by atoms with Gasteiger partial charge in [0.15, 0.2) is 0 Å². The standard InChI is InChI=1S/C10H19Cl/c1-9(2,3)4-5-10(8-11)6-7-10/h4-8H2,1-3H3. The van der Waals surface area contributed by atoms with Gasteiger partial charge in [0.1, 0.15) is 0 Å². The first-order valence-electron chi connectivity index (χ1n) is 4.54. The molecule has 1 aliphatic rings. The van der Waals surface area contributed by atoms with E-state index in [0.29, 0.717) is 10.8 Å².